The van der Waals surface area contributed by atoms with Crippen molar-refractivity contribution in [3.63, 3.8) is 0 Å². The molecule has 2 aromatic heterocycles. The molecule has 35 heavy (non-hydrogen) atoms. The van der Waals surface area contributed by atoms with Gasteiger partial charge in [-0.05, 0) is 23.6 Å². The number of carbonyl (C=O) groups excluding carboxylic acids is 2. The maximum Gasteiger partial charge on any atom is 0.267 e. The molecule has 0 saturated carbocycles. The van der Waals surface area contributed by atoms with Gasteiger partial charge in [0.15, 0.2) is 5.17 Å². The summed E-state index contributed by atoms with van der Waals surface area (Å²) in [5, 5.41) is 16.6. The molecule has 13 heteroatoms. The first-order valence-corrected chi connectivity index (χ1v) is 13.1. The number of hydrogen-bond donors (Lipinski definition) is 3. The molecule has 2 amide bonds. The number of pyridine rings is 1. The van der Waals surface area contributed by atoms with Crippen LogP contribution in [0.4, 0.5) is 11.5 Å². The van der Waals surface area contributed by atoms with Gasteiger partial charge in [0.25, 0.3) is 11.8 Å². The fourth-order valence-corrected chi connectivity index (χ4v) is 5.70. The first-order valence-electron chi connectivity index (χ1n) is 10.1. The number of rotatable bonds is 7. The largest absolute Gasteiger partial charge is 0.494 e. The molecule has 182 valence electrons. The number of nitrogens with one attached hydrogen (secondary N) is 3. The van der Waals surface area contributed by atoms with E-state index in [1.807, 2.05) is 4.90 Å². The molecule has 3 N–H and O–H groups in total. The van der Waals surface area contributed by atoms with E-state index in [1.54, 1.807) is 17.5 Å². The fraction of sp³-hybridized carbons (Fsp3) is 0.182. The Morgan fingerprint density at radius 2 is 1.97 bits per heavy atom. The van der Waals surface area contributed by atoms with Crippen LogP contribution in [0.2, 0.25) is 15.1 Å². The van der Waals surface area contributed by atoms with E-state index in [0.29, 0.717) is 21.8 Å². The second kappa shape index (κ2) is 11.0. The van der Waals surface area contributed by atoms with Crippen LogP contribution in [0, 0.1) is 5.41 Å². The van der Waals surface area contributed by atoms with Gasteiger partial charge in [0.2, 0.25) is 0 Å². The number of methoxy groups -OCH3 is 1. The Kier molecular flexibility index (Phi) is 8.08. The molecule has 0 aliphatic carbocycles. The van der Waals surface area contributed by atoms with Gasteiger partial charge in [0.05, 0.1) is 28.4 Å². The molecule has 0 bridgehead atoms. The van der Waals surface area contributed by atoms with E-state index in [1.165, 1.54) is 48.5 Å². The number of halogens is 3. The van der Waals surface area contributed by atoms with E-state index in [2.05, 4.69) is 15.6 Å². The van der Waals surface area contributed by atoms with Crippen LogP contribution < -0.4 is 15.4 Å². The molecule has 1 saturated heterocycles. The van der Waals surface area contributed by atoms with Crippen molar-refractivity contribution in [3.8, 4) is 5.75 Å². The van der Waals surface area contributed by atoms with E-state index in [4.69, 9.17) is 44.9 Å². The van der Waals surface area contributed by atoms with Crippen molar-refractivity contribution < 1.29 is 14.3 Å². The van der Waals surface area contributed by atoms with E-state index in [-0.39, 0.29) is 32.7 Å². The first kappa shape index (κ1) is 25.6. The number of thiophene rings is 1. The van der Waals surface area contributed by atoms with Crippen molar-refractivity contribution in [2.75, 3.05) is 30.0 Å². The Labute approximate surface area is 224 Å². The molecule has 1 aromatic carbocycles. The Balaban J connectivity index is 1.59. The molecular weight excluding hydrogens is 553 g/mol. The van der Waals surface area contributed by atoms with Crippen LogP contribution in [0.15, 0.2) is 35.8 Å². The third-order valence-electron chi connectivity index (χ3n) is 4.99. The lowest BCUT2D eigenvalue weighted by molar-refractivity contribution is 0.102. The van der Waals surface area contributed by atoms with Crippen molar-refractivity contribution in [1.82, 2.24) is 9.88 Å². The monoisotopic (exact) mass is 569 g/mol. The Morgan fingerprint density at radius 1 is 1.17 bits per heavy atom. The summed E-state index contributed by atoms with van der Waals surface area (Å²) in [4.78, 5) is 32.5. The first-order chi connectivity index (χ1) is 16.8. The van der Waals surface area contributed by atoms with Crippen LogP contribution in [-0.4, -0.2) is 46.3 Å². The standard InChI is InChI=1S/C22H18Cl3N5O3S2/c1-33-15-7-13(24)6-14(20(31)28-16-3-2-12(23)8-27-16)18(15)29-21(32)19-17(25)11(10-35-19)9-30-4-5-34-22(30)26/h2-3,6-8,10,26H,4-5,9H2,1H3,(H,29,32)(H,27,28,31). The summed E-state index contributed by atoms with van der Waals surface area (Å²) < 4.78 is 5.38. The van der Waals surface area contributed by atoms with E-state index < -0.39 is 11.8 Å². The van der Waals surface area contributed by atoms with Gasteiger partial charge in [0, 0.05) is 41.7 Å². The summed E-state index contributed by atoms with van der Waals surface area (Å²) in [7, 11) is 1.41. The van der Waals surface area contributed by atoms with Crippen molar-refractivity contribution in [3.05, 3.63) is 66.9 Å². The average molecular weight is 571 g/mol. The number of thioether (sulfide) groups is 1. The molecule has 0 unspecified atom stereocenters. The lowest BCUT2D eigenvalue weighted by Gasteiger charge is -2.16. The van der Waals surface area contributed by atoms with Gasteiger partial charge in [-0.2, -0.15) is 0 Å². The van der Waals surface area contributed by atoms with Crippen LogP contribution in [0.3, 0.4) is 0 Å². The number of nitrogens with zero attached hydrogens (tertiary/aromatic N) is 2. The lowest BCUT2D eigenvalue weighted by Crippen LogP contribution is -2.23. The SMILES string of the molecule is COc1cc(Cl)cc(C(=O)Nc2ccc(Cl)cn2)c1NC(=O)c1scc(CN2CCSC2=N)c1Cl. The molecule has 0 spiro atoms. The van der Waals surface area contributed by atoms with Crippen LogP contribution in [0.25, 0.3) is 0 Å². The number of carbonyl (C=O) groups is 2. The molecule has 1 aliphatic heterocycles. The molecule has 1 aliphatic rings. The smallest absolute Gasteiger partial charge is 0.267 e. The van der Waals surface area contributed by atoms with Gasteiger partial charge in [-0.3, -0.25) is 15.0 Å². The molecular formula is C22H18Cl3N5O3S2. The Hall–Kier alpha value is -2.50. The molecule has 3 heterocycles. The zero-order valence-corrected chi connectivity index (χ0v) is 22.1. The second-order valence-electron chi connectivity index (χ2n) is 7.28. The summed E-state index contributed by atoms with van der Waals surface area (Å²) in [5.41, 5.74) is 0.968. The average Bonchev–Trinajstić information content (AvgIpc) is 3.41. The minimum atomic E-state index is -0.557. The molecule has 8 nitrogen and oxygen atoms in total. The molecule has 1 fully saturated rings. The zero-order chi connectivity index (χ0) is 25.1. The fourth-order valence-electron chi connectivity index (χ4n) is 3.30. The van der Waals surface area contributed by atoms with Gasteiger partial charge in [-0.15, -0.1) is 11.3 Å². The van der Waals surface area contributed by atoms with Crippen molar-refractivity contribution in [2.45, 2.75) is 6.54 Å². The number of benzene rings is 1. The topological polar surface area (TPSA) is 107 Å². The predicted molar refractivity (Wildman–Crippen MR) is 143 cm³/mol. The third-order valence-corrected chi connectivity index (χ3v) is 7.93. The predicted octanol–water partition coefficient (Wildman–Crippen LogP) is 6.10. The highest BCUT2D eigenvalue weighted by Gasteiger charge is 2.25. The van der Waals surface area contributed by atoms with Crippen molar-refractivity contribution >= 4 is 86.4 Å². The summed E-state index contributed by atoms with van der Waals surface area (Å²) in [6, 6.07) is 6.05. The van der Waals surface area contributed by atoms with E-state index in [9.17, 15) is 9.59 Å². The summed E-state index contributed by atoms with van der Waals surface area (Å²) in [6.45, 7) is 1.20. The highest BCUT2D eigenvalue weighted by Crippen LogP contribution is 2.36. The minimum absolute atomic E-state index is 0.0786. The molecule has 0 atom stereocenters. The molecule has 0 radical (unpaired) electrons. The number of ether oxygens (including phenoxy) is 1. The van der Waals surface area contributed by atoms with Gasteiger partial charge in [0.1, 0.15) is 16.4 Å². The van der Waals surface area contributed by atoms with E-state index >= 15 is 0 Å². The number of amides is 2. The van der Waals surface area contributed by atoms with Gasteiger partial charge in [-0.1, -0.05) is 46.6 Å². The maximum atomic E-state index is 13.2. The van der Waals surface area contributed by atoms with E-state index in [0.717, 1.165) is 17.9 Å². The zero-order valence-electron chi connectivity index (χ0n) is 18.2. The maximum absolute atomic E-state index is 13.2. The number of aromatic nitrogens is 1. The highest BCUT2D eigenvalue weighted by atomic mass is 35.5. The van der Waals surface area contributed by atoms with Crippen LogP contribution in [0.1, 0.15) is 25.6 Å². The quantitative estimate of drug-likeness (QED) is 0.317. The Morgan fingerprint density at radius 3 is 2.63 bits per heavy atom. The molecule has 4 rings (SSSR count). The van der Waals surface area contributed by atoms with Crippen LogP contribution in [-0.2, 0) is 6.54 Å². The highest BCUT2D eigenvalue weighted by molar-refractivity contribution is 8.14. The van der Waals surface area contributed by atoms with Crippen molar-refractivity contribution in [2.24, 2.45) is 0 Å². The van der Waals surface area contributed by atoms with Crippen LogP contribution >= 0.6 is 57.9 Å². The Bertz CT molecular complexity index is 1300. The third kappa shape index (κ3) is 5.84. The number of hydrogen-bond acceptors (Lipinski definition) is 7. The summed E-state index contributed by atoms with van der Waals surface area (Å²) in [6.07, 6.45) is 1.40. The second-order valence-corrected chi connectivity index (χ2v) is 10.5. The molecule has 3 aromatic rings. The summed E-state index contributed by atoms with van der Waals surface area (Å²) in [5.74, 6) is 0.263. The minimum Gasteiger partial charge on any atom is -0.494 e. The van der Waals surface area contributed by atoms with Gasteiger partial charge >= 0.3 is 0 Å². The van der Waals surface area contributed by atoms with Gasteiger partial charge < -0.3 is 20.3 Å². The number of anilines is 2. The van der Waals surface area contributed by atoms with Crippen LogP contribution in [0.5, 0.6) is 5.75 Å². The lowest BCUT2D eigenvalue weighted by atomic mass is 10.1. The summed E-state index contributed by atoms with van der Waals surface area (Å²) >= 11 is 21.2. The van der Waals surface area contributed by atoms with Gasteiger partial charge in [-0.25, -0.2) is 4.98 Å². The van der Waals surface area contributed by atoms with Crippen molar-refractivity contribution in [1.29, 1.82) is 5.41 Å². The number of amidine groups is 1. The normalized spacial score (nSPS) is 13.1.